The number of anilines is 1. The van der Waals surface area contributed by atoms with Gasteiger partial charge in [0.1, 0.15) is 32.1 Å². The van der Waals surface area contributed by atoms with Crippen molar-refractivity contribution in [3.63, 3.8) is 0 Å². The minimum absolute atomic E-state index is 0.254. The fourth-order valence-corrected chi connectivity index (χ4v) is 3.78. The number of amides is 1. The lowest BCUT2D eigenvalue weighted by Gasteiger charge is -2.24. The van der Waals surface area contributed by atoms with E-state index >= 15 is 0 Å². The van der Waals surface area contributed by atoms with Gasteiger partial charge in [-0.05, 0) is 49.2 Å². The largest absolute Gasteiger partial charge is 0.492 e. The number of nitrogens with zero attached hydrogens (tertiary/aromatic N) is 1. The molecule has 30 heavy (non-hydrogen) atoms. The van der Waals surface area contributed by atoms with Crippen molar-refractivity contribution in [1.82, 2.24) is 5.32 Å². The summed E-state index contributed by atoms with van der Waals surface area (Å²) >= 11 is 0. The van der Waals surface area contributed by atoms with Crippen molar-refractivity contribution >= 4 is 21.6 Å². The van der Waals surface area contributed by atoms with E-state index in [0.717, 1.165) is 21.9 Å². The standard InChI is InChI=1S/C21H26N2O6S/c1-15-4-6-18(12-16(15)2)27-9-8-22-21(24)14-23(30(3,25)26)17-5-7-19-20(13-17)29-11-10-28-19/h4-7,12-13H,8-11,14H2,1-3H3,(H,22,24). The van der Waals surface area contributed by atoms with Gasteiger partial charge in [0, 0.05) is 6.07 Å². The van der Waals surface area contributed by atoms with Gasteiger partial charge in [-0.2, -0.15) is 0 Å². The minimum atomic E-state index is -3.68. The molecular weight excluding hydrogens is 408 g/mol. The van der Waals surface area contributed by atoms with E-state index in [2.05, 4.69) is 5.32 Å². The van der Waals surface area contributed by atoms with Crippen LogP contribution in [0.15, 0.2) is 36.4 Å². The molecule has 9 heteroatoms. The maximum absolute atomic E-state index is 12.3. The maximum atomic E-state index is 12.3. The Kier molecular flexibility index (Phi) is 6.71. The predicted molar refractivity (Wildman–Crippen MR) is 114 cm³/mol. The van der Waals surface area contributed by atoms with Crippen LogP contribution in [0.25, 0.3) is 0 Å². The van der Waals surface area contributed by atoms with Crippen LogP contribution in [0.5, 0.6) is 17.2 Å². The number of carbonyl (C=O) groups is 1. The molecular formula is C21H26N2O6S. The van der Waals surface area contributed by atoms with Crippen LogP contribution in [0.2, 0.25) is 0 Å². The van der Waals surface area contributed by atoms with Gasteiger partial charge in [0.15, 0.2) is 11.5 Å². The summed E-state index contributed by atoms with van der Waals surface area (Å²) in [5.41, 5.74) is 2.64. The number of benzene rings is 2. The average molecular weight is 435 g/mol. The number of carbonyl (C=O) groups excluding carboxylic acids is 1. The zero-order valence-electron chi connectivity index (χ0n) is 17.3. The zero-order valence-corrected chi connectivity index (χ0v) is 18.1. The van der Waals surface area contributed by atoms with E-state index in [1.54, 1.807) is 18.2 Å². The number of nitrogens with one attached hydrogen (secondary N) is 1. The summed E-state index contributed by atoms with van der Waals surface area (Å²) in [5.74, 6) is 1.29. The van der Waals surface area contributed by atoms with Crippen molar-refractivity contribution in [3.8, 4) is 17.2 Å². The second kappa shape index (κ2) is 9.25. The highest BCUT2D eigenvalue weighted by atomic mass is 32.2. The third kappa shape index (κ3) is 5.56. The van der Waals surface area contributed by atoms with Gasteiger partial charge >= 0.3 is 0 Å². The summed E-state index contributed by atoms with van der Waals surface area (Å²) in [4.78, 5) is 12.3. The monoisotopic (exact) mass is 434 g/mol. The van der Waals surface area contributed by atoms with Gasteiger partial charge in [0.25, 0.3) is 0 Å². The van der Waals surface area contributed by atoms with Crippen LogP contribution in [0.4, 0.5) is 5.69 Å². The Bertz CT molecular complexity index is 1020. The van der Waals surface area contributed by atoms with Gasteiger partial charge in [-0.1, -0.05) is 6.07 Å². The molecule has 0 radical (unpaired) electrons. The molecule has 3 rings (SSSR count). The van der Waals surface area contributed by atoms with Gasteiger partial charge < -0.3 is 19.5 Å². The molecule has 0 aliphatic carbocycles. The summed E-state index contributed by atoms with van der Waals surface area (Å²) in [7, 11) is -3.68. The quantitative estimate of drug-likeness (QED) is 0.639. The van der Waals surface area contributed by atoms with Crippen molar-refractivity contribution in [2.75, 3.05) is 43.5 Å². The Hall–Kier alpha value is -2.94. The third-order valence-corrected chi connectivity index (χ3v) is 5.81. The summed E-state index contributed by atoms with van der Waals surface area (Å²) < 4.78 is 42.1. The van der Waals surface area contributed by atoms with E-state index < -0.39 is 15.9 Å². The first-order chi connectivity index (χ1) is 14.2. The molecule has 2 aromatic rings. The predicted octanol–water partition coefficient (Wildman–Crippen LogP) is 2.04. The first kappa shape index (κ1) is 21.8. The fraction of sp³-hybridized carbons (Fsp3) is 0.381. The molecule has 0 atom stereocenters. The van der Waals surface area contributed by atoms with Gasteiger partial charge in [0.2, 0.25) is 15.9 Å². The van der Waals surface area contributed by atoms with Crippen molar-refractivity contribution in [3.05, 3.63) is 47.5 Å². The van der Waals surface area contributed by atoms with Crippen LogP contribution < -0.4 is 23.8 Å². The smallest absolute Gasteiger partial charge is 0.240 e. The lowest BCUT2D eigenvalue weighted by Crippen LogP contribution is -2.41. The molecule has 0 aromatic heterocycles. The number of fused-ring (bicyclic) bond motifs is 1. The molecule has 0 unspecified atom stereocenters. The Labute approximate surface area is 176 Å². The molecule has 0 fully saturated rings. The molecule has 0 saturated carbocycles. The number of sulfonamides is 1. The molecule has 1 amide bonds. The molecule has 1 aliphatic heterocycles. The molecule has 8 nitrogen and oxygen atoms in total. The van der Waals surface area contributed by atoms with E-state index in [1.807, 2.05) is 32.0 Å². The van der Waals surface area contributed by atoms with Crippen molar-refractivity contribution in [2.24, 2.45) is 0 Å². The molecule has 0 saturated heterocycles. The minimum Gasteiger partial charge on any atom is -0.492 e. The molecule has 1 heterocycles. The van der Waals surface area contributed by atoms with Gasteiger partial charge in [0.05, 0.1) is 18.5 Å². The van der Waals surface area contributed by atoms with Crippen LogP contribution in [0, 0.1) is 13.8 Å². The first-order valence-corrected chi connectivity index (χ1v) is 11.4. The molecule has 0 bridgehead atoms. The summed E-state index contributed by atoms with van der Waals surface area (Å²) in [5, 5.41) is 2.69. The summed E-state index contributed by atoms with van der Waals surface area (Å²) in [6.45, 7) is 5.03. The number of hydrogen-bond acceptors (Lipinski definition) is 6. The highest BCUT2D eigenvalue weighted by Crippen LogP contribution is 2.34. The highest BCUT2D eigenvalue weighted by Gasteiger charge is 2.23. The van der Waals surface area contributed by atoms with Gasteiger partial charge in [-0.15, -0.1) is 0 Å². The first-order valence-electron chi connectivity index (χ1n) is 9.58. The fourth-order valence-electron chi connectivity index (χ4n) is 2.94. The van der Waals surface area contributed by atoms with E-state index in [9.17, 15) is 13.2 Å². The van der Waals surface area contributed by atoms with Crippen LogP contribution in [0.1, 0.15) is 11.1 Å². The number of hydrogen-bond donors (Lipinski definition) is 1. The molecule has 1 aliphatic rings. The lowest BCUT2D eigenvalue weighted by atomic mass is 10.1. The molecule has 162 valence electrons. The Morgan fingerprint density at radius 2 is 1.80 bits per heavy atom. The van der Waals surface area contributed by atoms with E-state index in [-0.39, 0.29) is 19.7 Å². The van der Waals surface area contributed by atoms with E-state index in [0.29, 0.717) is 30.4 Å². The number of aryl methyl sites for hydroxylation is 2. The van der Waals surface area contributed by atoms with E-state index in [1.165, 1.54) is 5.56 Å². The van der Waals surface area contributed by atoms with Gasteiger partial charge in [-0.25, -0.2) is 8.42 Å². The van der Waals surface area contributed by atoms with Crippen LogP contribution >= 0.6 is 0 Å². The topological polar surface area (TPSA) is 94.2 Å². The zero-order chi connectivity index (χ0) is 21.7. The van der Waals surface area contributed by atoms with Crippen LogP contribution in [-0.4, -0.2) is 53.5 Å². The highest BCUT2D eigenvalue weighted by molar-refractivity contribution is 7.92. The third-order valence-electron chi connectivity index (χ3n) is 4.67. The van der Waals surface area contributed by atoms with Crippen molar-refractivity contribution in [1.29, 1.82) is 0 Å². The van der Waals surface area contributed by atoms with Crippen LogP contribution in [0.3, 0.4) is 0 Å². The van der Waals surface area contributed by atoms with Crippen molar-refractivity contribution < 1.29 is 27.4 Å². The average Bonchev–Trinajstić information content (AvgIpc) is 2.71. The lowest BCUT2D eigenvalue weighted by molar-refractivity contribution is -0.119. The van der Waals surface area contributed by atoms with E-state index in [4.69, 9.17) is 14.2 Å². The Balaban J connectivity index is 1.57. The number of ether oxygens (including phenoxy) is 3. The number of rotatable bonds is 8. The maximum Gasteiger partial charge on any atom is 0.240 e. The summed E-state index contributed by atoms with van der Waals surface area (Å²) in [6.07, 6.45) is 1.06. The SMILES string of the molecule is Cc1ccc(OCCNC(=O)CN(c2ccc3c(c2)OCCO3)S(C)(=O)=O)cc1C. The Morgan fingerprint density at radius 3 is 2.50 bits per heavy atom. The van der Waals surface area contributed by atoms with Crippen molar-refractivity contribution in [2.45, 2.75) is 13.8 Å². The molecule has 2 aromatic carbocycles. The Morgan fingerprint density at radius 1 is 1.07 bits per heavy atom. The van der Waals surface area contributed by atoms with Gasteiger partial charge in [-0.3, -0.25) is 9.10 Å². The summed E-state index contributed by atoms with van der Waals surface area (Å²) in [6, 6.07) is 10.6. The second-order valence-electron chi connectivity index (χ2n) is 7.04. The molecule has 0 spiro atoms. The van der Waals surface area contributed by atoms with Crippen LogP contribution in [-0.2, 0) is 14.8 Å². The normalized spacial score (nSPS) is 12.9. The molecule has 1 N–H and O–H groups in total. The second-order valence-corrected chi connectivity index (χ2v) is 8.95.